The van der Waals surface area contributed by atoms with Gasteiger partial charge in [-0.1, -0.05) is 22.0 Å². The molecule has 50 valence electrons. The Morgan fingerprint density at radius 2 is 2.56 bits per heavy atom. The Bertz CT molecular complexity index is 142. The monoisotopic (exact) mass is 190 g/mol. The van der Waals surface area contributed by atoms with Crippen LogP contribution in [0.3, 0.4) is 0 Å². The molecule has 1 rings (SSSR count). The maximum Gasteiger partial charge on any atom is 0.330 e. The van der Waals surface area contributed by atoms with E-state index < -0.39 is 0 Å². The van der Waals surface area contributed by atoms with Gasteiger partial charge in [0.25, 0.3) is 0 Å². The summed E-state index contributed by atoms with van der Waals surface area (Å²) in [7, 11) is 0. The van der Waals surface area contributed by atoms with Crippen LogP contribution < -0.4 is 0 Å². The van der Waals surface area contributed by atoms with E-state index in [0.29, 0.717) is 11.4 Å². The van der Waals surface area contributed by atoms with Gasteiger partial charge in [0, 0.05) is 10.9 Å². The molecule has 0 bridgehead atoms. The highest BCUT2D eigenvalue weighted by atomic mass is 79.9. The lowest BCUT2D eigenvalue weighted by atomic mass is 10.3. The number of hydrogen-bond acceptors (Lipinski definition) is 2. The minimum atomic E-state index is -0.239. The van der Waals surface area contributed by atoms with E-state index in [1.165, 1.54) is 6.08 Å². The third-order valence-corrected chi connectivity index (χ3v) is 1.84. The fourth-order valence-corrected chi connectivity index (χ4v) is 0.939. The van der Waals surface area contributed by atoms with Gasteiger partial charge in [-0.2, -0.15) is 0 Å². The van der Waals surface area contributed by atoms with Gasteiger partial charge in [0.15, 0.2) is 0 Å². The Labute approximate surface area is 62.0 Å². The quantitative estimate of drug-likeness (QED) is 0.425. The fourth-order valence-electron chi connectivity index (χ4n) is 0.599. The van der Waals surface area contributed by atoms with Gasteiger partial charge in [-0.25, -0.2) is 4.79 Å². The Hall–Kier alpha value is -0.310. The van der Waals surface area contributed by atoms with Gasteiger partial charge in [0.1, 0.15) is 0 Å². The normalized spacial score (nSPS) is 27.2. The van der Waals surface area contributed by atoms with Crippen molar-refractivity contribution in [1.29, 1.82) is 0 Å². The molecule has 1 atom stereocenters. The Balaban J connectivity index is 2.52. The van der Waals surface area contributed by atoms with Gasteiger partial charge in [0.05, 0.1) is 6.61 Å². The van der Waals surface area contributed by atoms with Gasteiger partial charge >= 0.3 is 5.97 Å². The van der Waals surface area contributed by atoms with Gasteiger partial charge < -0.3 is 4.74 Å². The van der Waals surface area contributed by atoms with E-state index in [4.69, 9.17) is 4.74 Å². The molecule has 0 radical (unpaired) electrons. The molecule has 9 heavy (non-hydrogen) atoms. The Morgan fingerprint density at radius 3 is 3.33 bits per heavy atom. The lowest BCUT2D eigenvalue weighted by Gasteiger charge is -1.97. The molecular weight excluding hydrogens is 184 g/mol. The van der Waals surface area contributed by atoms with Crippen molar-refractivity contribution in [3.63, 3.8) is 0 Å². The van der Waals surface area contributed by atoms with Crippen molar-refractivity contribution in [2.24, 2.45) is 0 Å². The predicted molar refractivity (Wildman–Crippen MR) is 37.4 cm³/mol. The first-order chi connectivity index (χ1) is 4.29. The summed E-state index contributed by atoms with van der Waals surface area (Å²) in [4.78, 5) is 10.8. The topological polar surface area (TPSA) is 26.3 Å². The summed E-state index contributed by atoms with van der Waals surface area (Å²) in [6.45, 7) is 0.516. The maximum atomic E-state index is 10.5. The zero-order valence-corrected chi connectivity index (χ0v) is 6.43. The van der Waals surface area contributed by atoms with Crippen LogP contribution >= 0.6 is 15.9 Å². The highest BCUT2D eigenvalue weighted by Crippen LogP contribution is 2.09. The summed E-state index contributed by atoms with van der Waals surface area (Å²) < 4.78 is 4.72. The molecule has 0 fully saturated rings. The summed E-state index contributed by atoms with van der Waals surface area (Å²) >= 11 is 3.35. The fraction of sp³-hybridized carbons (Fsp3) is 0.500. The lowest BCUT2D eigenvalue weighted by Crippen LogP contribution is -2.00. The number of esters is 1. The van der Waals surface area contributed by atoms with Crippen LogP contribution in [-0.2, 0) is 9.53 Å². The number of halogens is 1. The molecule has 0 spiro atoms. The number of ether oxygens (including phenoxy) is 1. The molecule has 2 nitrogen and oxygen atoms in total. The van der Waals surface area contributed by atoms with Crippen LogP contribution in [-0.4, -0.2) is 17.4 Å². The van der Waals surface area contributed by atoms with Crippen LogP contribution in [0.15, 0.2) is 12.2 Å². The van der Waals surface area contributed by atoms with E-state index in [1.54, 1.807) is 6.08 Å². The van der Waals surface area contributed by atoms with Crippen LogP contribution in [0.5, 0.6) is 0 Å². The third-order valence-electron chi connectivity index (χ3n) is 1.08. The van der Waals surface area contributed by atoms with E-state index in [2.05, 4.69) is 15.9 Å². The highest BCUT2D eigenvalue weighted by Gasteiger charge is 2.06. The van der Waals surface area contributed by atoms with Crippen molar-refractivity contribution >= 4 is 21.9 Å². The standard InChI is InChI=1S/C6H7BrO2/c7-5-1-2-6(8)9-4-3-5/h1-2,5H,3-4H2. The minimum absolute atomic E-state index is 0.239. The largest absolute Gasteiger partial charge is 0.462 e. The number of carbonyl (C=O) groups excluding carboxylic acids is 1. The smallest absolute Gasteiger partial charge is 0.330 e. The van der Waals surface area contributed by atoms with Crippen LogP contribution in [0, 0.1) is 0 Å². The van der Waals surface area contributed by atoms with E-state index in [0.717, 1.165) is 6.42 Å². The van der Waals surface area contributed by atoms with E-state index >= 15 is 0 Å². The Morgan fingerprint density at radius 1 is 1.78 bits per heavy atom. The molecule has 0 aromatic carbocycles. The second-order valence-corrected chi connectivity index (χ2v) is 3.01. The molecule has 0 aromatic heterocycles. The van der Waals surface area contributed by atoms with Gasteiger partial charge in [0.2, 0.25) is 0 Å². The number of cyclic esters (lactones) is 1. The molecular formula is C6H7BrO2. The van der Waals surface area contributed by atoms with Gasteiger partial charge in [-0.05, 0) is 6.42 Å². The van der Waals surface area contributed by atoms with E-state index in [-0.39, 0.29) is 5.97 Å². The van der Waals surface area contributed by atoms with Crippen molar-refractivity contribution in [2.45, 2.75) is 11.2 Å². The van der Waals surface area contributed by atoms with Gasteiger partial charge in [-0.3, -0.25) is 0 Å². The Kier molecular flexibility index (Phi) is 2.28. The number of carbonyl (C=O) groups is 1. The molecule has 1 heterocycles. The number of rotatable bonds is 0. The van der Waals surface area contributed by atoms with Crippen LogP contribution in [0.4, 0.5) is 0 Å². The van der Waals surface area contributed by atoms with Crippen molar-refractivity contribution in [3.05, 3.63) is 12.2 Å². The molecule has 0 aromatic rings. The molecule has 1 aliphatic rings. The third kappa shape index (κ3) is 2.18. The second kappa shape index (κ2) is 3.01. The van der Waals surface area contributed by atoms with Crippen LogP contribution in [0.25, 0.3) is 0 Å². The molecule has 0 saturated heterocycles. The van der Waals surface area contributed by atoms with E-state index in [1.807, 2.05) is 0 Å². The summed E-state index contributed by atoms with van der Waals surface area (Å²) in [5.74, 6) is -0.239. The highest BCUT2D eigenvalue weighted by molar-refractivity contribution is 9.09. The molecule has 0 saturated carbocycles. The summed E-state index contributed by atoms with van der Waals surface area (Å²) in [6.07, 6.45) is 4.12. The lowest BCUT2D eigenvalue weighted by molar-refractivity contribution is -0.137. The van der Waals surface area contributed by atoms with E-state index in [9.17, 15) is 4.79 Å². The second-order valence-electron chi connectivity index (χ2n) is 1.83. The zero-order valence-electron chi connectivity index (χ0n) is 4.84. The zero-order chi connectivity index (χ0) is 6.69. The molecule has 1 aliphatic heterocycles. The maximum absolute atomic E-state index is 10.5. The molecule has 0 amide bonds. The van der Waals surface area contributed by atoms with Crippen LogP contribution in [0.1, 0.15) is 6.42 Å². The van der Waals surface area contributed by atoms with Crippen molar-refractivity contribution in [3.8, 4) is 0 Å². The number of hydrogen-bond donors (Lipinski definition) is 0. The summed E-state index contributed by atoms with van der Waals surface area (Å²) in [6, 6.07) is 0. The molecule has 0 N–H and O–H groups in total. The van der Waals surface area contributed by atoms with Crippen molar-refractivity contribution in [1.82, 2.24) is 0 Å². The predicted octanol–water partition coefficient (Wildman–Crippen LogP) is 1.25. The summed E-state index contributed by atoms with van der Waals surface area (Å²) in [5, 5.41) is 0. The van der Waals surface area contributed by atoms with Crippen molar-refractivity contribution in [2.75, 3.05) is 6.61 Å². The molecule has 3 heteroatoms. The first-order valence-electron chi connectivity index (χ1n) is 2.78. The van der Waals surface area contributed by atoms with Crippen LogP contribution in [0.2, 0.25) is 0 Å². The van der Waals surface area contributed by atoms with Crippen molar-refractivity contribution < 1.29 is 9.53 Å². The average Bonchev–Trinajstić information content (AvgIpc) is 1.97. The average molecular weight is 191 g/mol. The molecule has 1 unspecified atom stereocenters. The first-order valence-corrected chi connectivity index (χ1v) is 3.69. The number of alkyl halides is 1. The minimum Gasteiger partial charge on any atom is -0.462 e. The summed E-state index contributed by atoms with van der Waals surface area (Å²) in [5.41, 5.74) is 0. The number of allylic oxidation sites excluding steroid dienone is 1. The van der Waals surface area contributed by atoms with Gasteiger partial charge in [-0.15, -0.1) is 0 Å². The first kappa shape index (κ1) is 6.81. The molecule has 0 aliphatic carbocycles. The SMILES string of the molecule is O=C1C=CC(Br)CCO1.